The predicted molar refractivity (Wildman–Crippen MR) is 308 cm³/mol. The average molecular weight is 1210 g/mol. The first kappa shape index (κ1) is 64.5. The molecule has 4 bridgehead atoms. The summed E-state index contributed by atoms with van der Waals surface area (Å²) in [5, 5.41) is 19.6. The molecule has 452 valence electrons. The molecule has 0 saturated carbocycles. The Kier molecular flexibility index (Phi) is 21.2. The lowest BCUT2D eigenvalue weighted by atomic mass is 9.83. The largest absolute Gasteiger partial charge is 0.493 e. The molecular formula is C58H74ClFN6O15S2. The van der Waals surface area contributed by atoms with E-state index in [1.54, 1.807) is 39.1 Å². The number of ether oxygens (including phenoxy) is 5. The van der Waals surface area contributed by atoms with Gasteiger partial charge in [0.1, 0.15) is 41.5 Å². The molecule has 0 unspecified atom stereocenters. The predicted octanol–water partition coefficient (Wildman–Crippen LogP) is 7.52. The van der Waals surface area contributed by atoms with Gasteiger partial charge in [0.25, 0.3) is 11.8 Å². The topological polar surface area (TPSA) is 262 Å². The van der Waals surface area contributed by atoms with E-state index in [0.29, 0.717) is 58.5 Å². The van der Waals surface area contributed by atoms with Crippen LogP contribution in [0.3, 0.4) is 0 Å². The van der Waals surface area contributed by atoms with E-state index in [1.807, 2.05) is 45.9 Å². The summed E-state index contributed by atoms with van der Waals surface area (Å²) in [5.41, 5.74) is 3.74. The molecule has 25 heteroatoms. The van der Waals surface area contributed by atoms with Crippen molar-refractivity contribution in [2.24, 2.45) is 11.0 Å². The van der Waals surface area contributed by atoms with Gasteiger partial charge in [0, 0.05) is 81.4 Å². The van der Waals surface area contributed by atoms with Crippen LogP contribution in [0.4, 0.5) is 14.9 Å². The third-order valence-corrected chi connectivity index (χ3v) is 19.2. The number of fused-ring (bicyclic) bond motifs is 6. The van der Waals surface area contributed by atoms with Crippen molar-refractivity contribution in [3.8, 4) is 5.75 Å². The normalized spacial score (nSPS) is 26.6. The van der Waals surface area contributed by atoms with E-state index >= 15 is 4.39 Å². The Labute approximate surface area is 495 Å². The molecule has 21 nitrogen and oxygen atoms in total. The number of aryl methyl sites for hydroxylation is 2. The number of amides is 6. The number of nitrogens with one attached hydrogen (secondary N) is 2. The van der Waals surface area contributed by atoms with Gasteiger partial charge in [-0.05, 0) is 102 Å². The zero-order valence-electron chi connectivity index (χ0n) is 48.4. The number of benzene rings is 2. The van der Waals surface area contributed by atoms with Gasteiger partial charge in [-0.15, -0.1) is 5.06 Å². The van der Waals surface area contributed by atoms with Gasteiger partial charge < -0.3 is 43.4 Å². The van der Waals surface area contributed by atoms with Crippen LogP contribution in [0.5, 0.6) is 5.75 Å². The number of allylic oxidation sites excluding steroid dienone is 3. The number of aliphatic hydroxyl groups is 1. The maximum Gasteiger partial charge on any atom is 0.409 e. The van der Waals surface area contributed by atoms with Crippen LogP contribution in [-0.2, 0) is 70.2 Å². The molecule has 4 aliphatic heterocycles. The van der Waals surface area contributed by atoms with E-state index in [1.165, 1.54) is 58.5 Å². The SMILES string of the molecule is CO[C@@H]1/C=C/C=C(\C)Cc2cc(C)c(Cl)c(c2)N(C)C(=O)C[C@H](OC(=O)[C@H](C)N(C)C(=O)CCSSC(C)(C)CC(=O)N/N=C2\CCCc3cc(OCCCC(=O)ON4C(=O)CCC4=O)cc(F)c32)[C@]2(C)O[C@H]2[C@H](C)[C@@H]2C[C@@]1(O)NC(=O)O2. The van der Waals surface area contributed by atoms with Crippen LogP contribution in [0.15, 0.2) is 53.2 Å². The van der Waals surface area contributed by atoms with Gasteiger partial charge in [0.2, 0.25) is 17.7 Å². The number of hydrogen-bond donors (Lipinski definition) is 3. The zero-order chi connectivity index (χ0) is 60.7. The van der Waals surface area contributed by atoms with Crippen LogP contribution in [0.2, 0.25) is 5.02 Å². The lowest BCUT2D eigenvalue weighted by Crippen LogP contribution is -2.63. The molecule has 2 aromatic carbocycles. The van der Waals surface area contributed by atoms with Crippen molar-refractivity contribution >= 4 is 92.2 Å². The number of alkyl carbamates (subject to hydrolysis) is 1. The number of rotatable bonds is 18. The number of carbonyl (C=O) groups excluding carboxylic acids is 8. The van der Waals surface area contributed by atoms with Crippen molar-refractivity contribution in [1.29, 1.82) is 0 Å². The maximum absolute atomic E-state index is 15.6. The molecule has 3 N–H and O–H groups in total. The van der Waals surface area contributed by atoms with Crippen molar-refractivity contribution in [1.82, 2.24) is 20.7 Å². The Balaban J connectivity index is 0.924. The fourth-order valence-corrected chi connectivity index (χ4v) is 13.2. The minimum absolute atomic E-state index is 0.0105. The second-order valence-corrected chi connectivity index (χ2v) is 26.0. The van der Waals surface area contributed by atoms with Gasteiger partial charge in [-0.3, -0.25) is 29.3 Å². The standard InChI is InChI=1S/C58H74ClFN6O15S2/c1-32-14-11-17-43(76-10)58(75)30-42(78-55(74)61-58)34(3)53-57(7,80-53)44(29-49(71)65(9)41-26-36(24-32)25-33(2)52(41)59)79-54(73)35(4)64(8)46(68)21-23-82-83-56(5,6)31-45(67)63-62-40-16-12-15-37-27-38(28-39(60)51(37)40)77-22-13-18-50(72)81-66-47(69)19-20-48(66)70/h11,14,17,25-28,34-35,42-44,53,75H,12-13,15-16,18-24,29-31H2,1-10H3,(H,61,74)(H,63,67)/b17-11+,32-14+,62-40+/t34-,35+,42+,43-,44+,53+,57+,58+/m1/s1. The molecule has 3 saturated heterocycles. The molecule has 0 spiro atoms. The van der Waals surface area contributed by atoms with Crippen molar-refractivity contribution in [2.45, 2.75) is 172 Å². The van der Waals surface area contributed by atoms with Crippen molar-refractivity contribution in [3.63, 3.8) is 0 Å². The van der Waals surface area contributed by atoms with Crippen LogP contribution in [0, 0.1) is 18.7 Å². The number of imide groups is 1. The lowest BCUT2D eigenvalue weighted by Gasteiger charge is -2.42. The summed E-state index contributed by atoms with van der Waals surface area (Å²) < 4.78 is 44.6. The van der Waals surface area contributed by atoms with Gasteiger partial charge in [-0.2, -0.15) is 5.10 Å². The van der Waals surface area contributed by atoms with Gasteiger partial charge in [-0.1, -0.05) is 70.0 Å². The van der Waals surface area contributed by atoms with Crippen LogP contribution in [-0.4, -0.2) is 148 Å². The smallest absolute Gasteiger partial charge is 0.409 e. The van der Waals surface area contributed by atoms with Crippen LogP contribution in [0.25, 0.3) is 0 Å². The summed E-state index contributed by atoms with van der Waals surface area (Å²) in [7, 11) is 7.26. The number of hydrogen-bond acceptors (Lipinski definition) is 18. The van der Waals surface area contributed by atoms with Gasteiger partial charge in [-0.25, -0.2) is 24.2 Å². The Hall–Kier alpha value is -6.05. The van der Waals surface area contributed by atoms with E-state index in [-0.39, 0.29) is 75.2 Å². The Morgan fingerprint density at radius 1 is 1.06 bits per heavy atom. The van der Waals surface area contributed by atoms with Crippen LogP contribution < -0.4 is 20.4 Å². The number of halogens is 2. The molecule has 7 rings (SSSR count). The molecule has 0 aromatic heterocycles. The summed E-state index contributed by atoms with van der Waals surface area (Å²) in [6, 6.07) is 5.57. The summed E-state index contributed by atoms with van der Waals surface area (Å²) >= 11 is 6.84. The number of likely N-dealkylation sites (N-methyl/N-ethyl adjacent to an activating group) is 1. The minimum Gasteiger partial charge on any atom is -0.493 e. The molecule has 3 fully saturated rings. The highest BCUT2D eigenvalue weighted by molar-refractivity contribution is 8.77. The first-order chi connectivity index (χ1) is 39.1. The summed E-state index contributed by atoms with van der Waals surface area (Å²) in [6.07, 6.45) is 2.39. The molecule has 8 atom stereocenters. The summed E-state index contributed by atoms with van der Waals surface area (Å²) in [5.74, 6) is -4.50. The molecular weight excluding hydrogens is 1140 g/mol. The van der Waals surface area contributed by atoms with Gasteiger partial charge in [0.05, 0.1) is 42.0 Å². The molecule has 0 radical (unpaired) electrons. The molecule has 6 amide bonds. The first-order valence-corrected chi connectivity index (χ1v) is 30.3. The fraction of sp³-hybridized carbons (Fsp3) is 0.569. The third-order valence-electron chi connectivity index (χ3n) is 15.4. The summed E-state index contributed by atoms with van der Waals surface area (Å²) in [6.45, 7) is 12.6. The molecule has 5 aliphatic rings. The highest BCUT2D eigenvalue weighted by Gasteiger charge is 2.64. The minimum atomic E-state index is -1.87. The first-order valence-electron chi connectivity index (χ1n) is 27.6. The number of anilines is 1. The van der Waals surface area contributed by atoms with E-state index in [2.05, 4.69) is 15.8 Å². The summed E-state index contributed by atoms with van der Waals surface area (Å²) in [4.78, 5) is 112. The molecule has 4 heterocycles. The Bertz CT molecular complexity index is 2950. The monoisotopic (exact) mass is 1210 g/mol. The second-order valence-electron chi connectivity index (χ2n) is 22.5. The van der Waals surface area contributed by atoms with E-state index in [9.17, 15) is 43.5 Å². The number of hydrazone groups is 1. The fourth-order valence-electron chi connectivity index (χ4n) is 10.5. The quantitative estimate of drug-likeness (QED) is 0.0325. The third kappa shape index (κ3) is 16.0. The van der Waals surface area contributed by atoms with E-state index in [0.717, 1.165) is 16.7 Å². The maximum atomic E-state index is 15.6. The van der Waals surface area contributed by atoms with Crippen LogP contribution in [0.1, 0.15) is 128 Å². The number of carbonyl (C=O) groups is 8. The Morgan fingerprint density at radius 3 is 2.49 bits per heavy atom. The molecule has 2 aromatic rings. The van der Waals surface area contributed by atoms with E-state index in [4.69, 9.17) is 40.1 Å². The molecule has 1 aliphatic carbocycles. The zero-order valence-corrected chi connectivity index (χ0v) is 50.8. The van der Waals surface area contributed by atoms with Crippen molar-refractivity contribution in [2.75, 3.05) is 38.5 Å². The van der Waals surface area contributed by atoms with Crippen molar-refractivity contribution in [3.05, 3.63) is 81.2 Å². The number of epoxide rings is 1. The average Bonchev–Trinajstić information content (AvgIpc) is 3.51. The number of esters is 1. The number of methoxy groups -OCH3 is 1. The van der Waals surface area contributed by atoms with Gasteiger partial charge >= 0.3 is 18.0 Å². The van der Waals surface area contributed by atoms with E-state index < -0.39 is 99.9 Å². The highest BCUT2D eigenvalue weighted by atomic mass is 35.5. The lowest BCUT2D eigenvalue weighted by molar-refractivity contribution is -0.197. The second kappa shape index (κ2) is 27.3. The Morgan fingerprint density at radius 2 is 1.78 bits per heavy atom. The number of hydroxylamine groups is 2. The van der Waals surface area contributed by atoms with Crippen molar-refractivity contribution < 1.29 is 76.4 Å². The van der Waals surface area contributed by atoms with Crippen LogP contribution >= 0.6 is 33.2 Å². The molecule has 83 heavy (non-hydrogen) atoms. The highest BCUT2D eigenvalue weighted by Crippen LogP contribution is 2.49. The van der Waals surface area contributed by atoms with Gasteiger partial charge in [0.15, 0.2) is 5.72 Å². The number of nitrogens with zero attached hydrogens (tertiary/aromatic N) is 4.